The zero-order chi connectivity index (χ0) is 17.5. The first-order valence-corrected chi connectivity index (χ1v) is 7.47. The molecule has 0 spiro atoms. The van der Waals surface area contributed by atoms with Gasteiger partial charge in [0.15, 0.2) is 0 Å². The van der Waals surface area contributed by atoms with E-state index in [9.17, 15) is 9.59 Å². The van der Waals surface area contributed by atoms with Crippen LogP contribution in [0.5, 0.6) is 11.5 Å². The molecule has 0 fully saturated rings. The summed E-state index contributed by atoms with van der Waals surface area (Å²) < 4.78 is 10.1. The van der Waals surface area contributed by atoms with Crippen LogP contribution in [-0.4, -0.2) is 32.6 Å². The van der Waals surface area contributed by atoms with Gasteiger partial charge in [-0.3, -0.25) is 9.59 Å². The van der Waals surface area contributed by atoms with Crippen molar-refractivity contribution in [2.24, 2.45) is 0 Å². The van der Waals surface area contributed by atoms with Crippen molar-refractivity contribution in [1.29, 1.82) is 0 Å². The second-order valence-corrected chi connectivity index (χ2v) is 5.22. The Morgan fingerprint density at radius 2 is 1.75 bits per heavy atom. The van der Waals surface area contributed by atoms with E-state index in [1.807, 2.05) is 0 Å². The average Bonchev–Trinajstić information content (AvgIpc) is 2.60. The molecule has 2 aromatic carbocycles. The van der Waals surface area contributed by atoms with Gasteiger partial charge in [-0.15, -0.1) is 0 Å². The number of halogens is 1. The number of hydrogen-bond donors (Lipinski definition) is 2. The van der Waals surface area contributed by atoms with Crippen LogP contribution in [0.2, 0.25) is 5.02 Å². The maximum Gasteiger partial charge on any atom is 0.251 e. The Bertz CT molecular complexity index is 732. The molecule has 126 valence electrons. The summed E-state index contributed by atoms with van der Waals surface area (Å²) in [5.74, 6) is 0.460. The second kappa shape index (κ2) is 8.21. The molecule has 6 nitrogen and oxygen atoms in total. The predicted molar refractivity (Wildman–Crippen MR) is 92.0 cm³/mol. The molecule has 0 radical (unpaired) electrons. The highest BCUT2D eigenvalue weighted by Crippen LogP contribution is 2.27. The van der Waals surface area contributed by atoms with Gasteiger partial charge < -0.3 is 20.1 Å². The molecule has 0 aliphatic rings. The summed E-state index contributed by atoms with van der Waals surface area (Å²) >= 11 is 5.99. The fourth-order valence-corrected chi connectivity index (χ4v) is 2.21. The summed E-state index contributed by atoms with van der Waals surface area (Å²) in [7, 11) is 3.05. The molecule has 0 aromatic heterocycles. The number of hydrogen-bond acceptors (Lipinski definition) is 4. The molecule has 2 rings (SSSR count). The molecule has 2 aromatic rings. The van der Waals surface area contributed by atoms with E-state index in [1.165, 1.54) is 7.11 Å². The number of methoxy groups -OCH3 is 2. The van der Waals surface area contributed by atoms with Crippen LogP contribution in [0.15, 0.2) is 42.5 Å². The van der Waals surface area contributed by atoms with Gasteiger partial charge in [0.05, 0.1) is 25.8 Å². The van der Waals surface area contributed by atoms with Gasteiger partial charge in [0, 0.05) is 11.3 Å². The van der Waals surface area contributed by atoms with E-state index in [2.05, 4.69) is 10.6 Å². The predicted octanol–water partition coefficient (Wildman–Crippen LogP) is 2.73. The monoisotopic (exact) mass is 348 g/mol. The maximum absolute atomic E-state index is 12.0. The molecule has 7 heteroatoms. The number of amides is 2. The van der Waals surface area contributed by atoms with Crippen molar-refractivity contribution in [3.63, 3.8) is 0 Å². The Kier molecular flexibility index (Phi) is 6.03. The summed E-state index contributed by atoms with van der Waals surface area (Å²) in [4.78, 5) is 23.9. The van der Waals surface area contributed by atoms with E-state index in [0.29, 0.717) is 27.8 Å². The van der Waals surface area contributed by atoms with Gasteiger partial charge in [0.25, 0.3) is 5.91 Å². The van der Waals surface area contributed by atoms with Crippen LogP contribution in [0.4, 0.5) is 5.69 Å². The van der Waals surface area contributed by atoms with Gasteiger partial charge in [0.2, 0.25) is 5.91 Å². The topological polar surface area (TPSA) is 76.7 Å². The zero-order valence-corrected chi connectivity index (χ0v) is 14.0. The number of carbonyl (C=O) groups is 2. The Labute approximate surface area is 144 Å². The first-order valence-electron chi connectivity index (χ1n) is 7.09. The Hall–Kier alpha value is -2.73. The summed E-state index contributed by atoms with van der Waals surface area (Å²) in [6.45, 7) is -0.158. The van der Waals surface area contributed by atoms with Crippen molar-refractivity contribution in [2.45, 2.75) is 0 Å². The fourth-order valence-electron chi connectivity index (χ4n) is 1.95. The van der Waals surface area contributed by atoms with Crippen molar-refractivity contribution in [3.8, 4) is 11.5 Å². The second-order valence-electron chi connectivity index (χ2n) is 4.81. The van der Waals surface area contributed by atoms with Gasteiger partial charge in [-0.1, -0.05) is 11.6 Å². The molecule has 24 heavy (non-hydrogen) atoms. The van der Waals surface area contributed by atoms with Gasteiger partial charge in [-0.05, 0) is 42.5 Å². The quantitative estimate of drug-likeness (QED) is 0.841. The standard InChI is InChI=1S/C17H17ClN2O4/c1-23-13-6-3-11(4-7-13)17(22)19-10-16(21)20-12-5-8-15(24-2)14(18)9-12/h3-9H,10H2,1-2H3,(H,19,22)(H,20,21). The normalized spacial score (nSPS) is 9.96. The zero-order valence-electron chi connectivity index (χ0n) is 13.3. The maximum atomic E-state index is 12.0. The molecule has 0 saturated carbocycles. The number of benzene rings is 2. The third kappa shape index (κ3) is 4.63. The largest absolute Gasteiger partial charge is 0.497 e. The van der Waals surface area contributed by atoms with Crippen LogP contribution >= 0.6 is 11.6 Å². The first-order chi connectivity index (χ1) is 11.5. The van der Waals surface area contributed by atoms with Crippen LogP contribution in [-0.2, 0) is 4.79 Å². The van der Waals surface area contributed by atoms with Crippen LogP contribution in [0, 0.1) is 0 Å². The minimum atomic E-state index is -0.363. The van der Waals surface area contributed by atoms with Crippen molar-refractivity contribution >= 4 is 29.1 Å². The van der Waals surface area contributed by atoms with Gasteiger partial charge in [-0.2, -0.15) is 0 Å². The minimum absolute atomic E-state index is 0.158. The smallest absolute Gasteiger partial charge is 0.251 e. The molecule has 0 aliphatic heterocycles. The molecule has 2 N–H and O–H groups in total. The molecular formula is C17H17ClN2O4. The number of ether oxygens (including phenoxy) is 2. The van der Waals surface area contributed by atoms with Crippen LogP contribution in [0.3, 0.4) is 0 Å². The summed E-state index contributed by atoms with van der Waals surface area (Å²) in [5.41, 5.74) is 0.959. The van der Waals surface area contributed by atoms with Crippen molar-refractivity contribution in [1.82, 2.24) is 5.32 Å². The SMILES string of the molecule is COc1ccc(C(=O)NCC(=O)Nc2ccc(OC)c(Cl)c2)cc1. The van der Waals surface area contributed by atoms with E-state index in [4.69, 9.17) is 21.1 Å². The molecular weight excluding hydrogens is 332 g/mol. The van der Waals surface area contributed by atoms with Gasteiger partial charge in [0.1, 0.15) is 11.5 Å². The van der Waals surface area contributed by atoms with E-state index in [0.717, 1.165) is 0 Å². The van der Waals surface area contributed by atoms with Crippen molar-refractivity contribution < 1.29 is 19.1 Å². The number of carbonyl (C=O) groups excluding carboxylic acids is 2. The summed E-state index contributed by atoms with van der Waals surface area (Å²) in [5, 5.41) is 5.58. The van der Waals surface area contributed by atoms with Crippen LogP contribution in [0.25, 0.3) is 0 Å². The third-order valence-electron chi connectivity index (χ3n) is 3.20. The lowest BCUT2D eigenvalue weighted by atomic mass is 10.2. The molecule has 0 unspecified atom stereocenters. The highest BCUT2D eigenvalue weighted by atomic mass is 35.5. The first kappa shape index (κ1) is 17.6. The minimum Gasteiger partial charge on any atom is -0.497 e. The molecule has 0 aliphatic carbocycles. The van der Waals surface area contributed by atoms with Crippen LogP contribution < -0.4 is 20.1 Å². The lowest BCUT2D eigenvalue weighted by Crippen LogP contribution is -2.32. The Morgan fingerprint density at radius 1 is 1.04 bits per heavy atom. The number of rotatable bonds is 6. The van der Waals surface area contributed by atoms with E-state index in [-0.39, 0.29) is 18.4 Å². The average molecular weight is 349 g/mol. The summed E-state index contributed by atoms with van der Waals surface area (Å²) in [6, 6.07) is 11.5. The Balaban J connectivity index is 1.88. The van der Waals surface area contributed by atoms with E-state index in [1.54, 1.807) is 49.6 Å². The van der Waals surface area contributed by atoms with Crippen LogP contribution in [0.1, 0.15) is 10.4 Å². The number of anilines is 1. The summed E-state index contributed by atoms with van der Waals surface area (Å²) in [6.07, 6.45) is 0. The molecule has 0 heterocycles. The Morgan fingerprint density at radius 3 is 2.33 bits per heavy atom. The van der Waals surface area contributed by atoms with Crippen molar-refractivity contribution in [2.75, 3.05) is 26.1 Å². The fraction of sp³-hybridized carbons (Fsp3) is 0.176. The van der Waals surface area contributed by atoms with E-state index < -0.39 is 0 Å². The lowest BCUT2D eigenvalue weighted by molar-refractivity contribution is -0.115. The van der Waals surface area contributed by atoms with E-state index >= 15 is 0 Å². The van der Waals surface area contributed by atoms with Gasteiger partial charge in [-0.25, -0.2) is 0 Å². The molecule has 0 bridgehead atoms. The highest BCUT2D eigenvalue weighted by Gasteiger charge is 2.09. The lowest BCUT2D eigenvalue weighted by Gasteiger charge is -2.09. The molecule has 0 atom stereocenters. The third-order valence-corrected chi connectivity index (χ3v) is 3.49. The number of nitrogens with one attached hydrogen (secondary N) is 2. The van der Waals surface area contributed by atoms with Crippen molar-refractivity contribution in [3.05, 3.63) is 53.1 Å². The molecule has 0 saturated heterocycles. The van der Waals surface area contributed by atoms with Gasteiger partial charge >= 0.3 is 0 Å². The highest BCUT2D eigenvalue weighted by molar-refractivity contribution is 6.32. The molecule has 2 amide bonds.